The summed E-state index contributed by atoms with van der Waals surface area (Å²) in [6.45, 7) is 3.72. The van der Waals surface area contributed by atoms with Gasteiger partial charge in [-0.05, 0) is 37.6 Å². The Kier molecular flexibility index (Phi) is 6.41. The Morgan fingerprint density at radius 2 is 1.93 bits per heavy atom. The van der Waals surface area contributed by atoms with Gasteiger partial charge in [-0.15, -0.1) is 0 Å². The van der Waals surface area contributed by atoms with Crippen LogP contribution in [0.3, 0.4) is 0 Å². The largest absolute Gasteiger partial charge is 0.337 e. The zero-order valence-corrected chi connectivity index (χ0v) is 17.7. The first kappa shape index (κ1) is 21.1. The summed E-state index contributed by atoms with van der Waals surface area (Å²) in [4.78, 5) is 20.3. The van der Waals surface area contributed by atoms with Gasteiger partial charge < -0.3 is 10.3 Å². The van der Waals surface area contributed by atoms with Gasteiger partial charge in [-0.3, -0.25) is 4.79 Å². The molecule has 0 saturated heterocycles. The van der Waals surface area contributed by atoms with Crippen LogP contribution in [-0.2, 0) is 21.2 Å². The number of aryl methyl sites for hydroxylation is 1. The number of aromatic nitrogens is 2. The lowest BCUT2D eigenvalue weighted by atomic mass is 10.1. The number of thioether (sulfide) groups is 1. The van der Waals surface area contributed by atoms with Gasteiger partial charge in [0.2, 0.25) is 15.9 Å². The number of imidazole rings is 1. The number of carbonyl (C=O) groups excluding carboxylic acids is 1. The Balaban J connectivity index is 1.65. The maximum absolute atomic E-state index is 12.5. The number of nitrogens with one attached hydrogen (secondary N) is 2. The number of rotatable bonds is 7. The number of primary sulfonamides is 1. The average molecular weight is 431 g/mol. The zero-order valence-electron chi connectivity index (χ0n) is 16.0. The highest BCUT2D eigenvalue weighted by Gasteiger charge is 2.18. The Morgan fingerprint density at radius 1 is 1.21 bits per heavy atom. The van der Waals surface area contributed by atoms with Crippen LogP contribution in [0.25, 0.3) is 0 Å². The topological polar surface area (TPSA) is 118 Å². The fourth-order valence-electron chi connectivity index (χ4n) is 2.70. The number of aromatic amines is 1. The standard InChI is InChI=1S/C20H22N4O3S2/c1-13-18(11-15-7-4-3-5-8-15)24-20(22-13)28-14(2)19(25)23-16-9-6-10-17(12-16)29(21,26)27/h3-10,12,14H,11H2,1-2H3,(H,22,24)(H,23,25)(H2,21,26,27). The second kappa shape index (κ2) is 8.81. The van der Waals surface area contributed by atoms with Crippen LogP contribution in [-0.4, -0.2) is 29.5 Å². The van der Waals surface area contributed by atoms with Crippen molar-refractivity contribution in [3.05, 3.63) is 71.5 Å². The first-order valence-corrected chi connectivity index (χ1v) is 11.3. The van der Waals surface area contributed by atoms with Crippen LogP contribution in [0.2, 0.25) is 0 Å². The predicted molar refractivity (Wildman–Crippen MR) is 114 cm³/mol. The number of anilines is 1. The van der Waals surface area contributed by atoms with Crippen molar-refractivity contribution in [2.45, 2.75) is 35.6 Å². The fraction of sp³-hybridized carbons (Fsp3) is 0.200. The third-order valence-corrected chi connectivity index (χ3v) is 6.16. The molecule has 2 aromatic carbocycles. The minimum atomic E-state index is -3.83. The molecule has 0 bridgehead atoms. The molecule has 0 fully saturated rings. The molecule has 0 aliphatic heterocycles. The van der Waals surface area contributed by atoms with Crippen LogP contribution < -0.4 is 10.5 Å². The van der Waals surface area contributed by atoms with Gasteiger partial charge in [-0.1, -0.05) is 48.2 Å². The maximum atomic E-state index is 12.5. The van der Waals surface area contributed by atoms with Crippen molar-refractivity contribution in [1.82, 2.24) is 9.97 Å². The number of nitrogens with zero attached hydrogens (tertiary/aromatic N) is 1. The third kappa shape index (κ3) is 5.69. The molecule has 0 aliphatic carbocycles. The van der Waals surface area contributed by atoms with Gasteiger partial charge in [-0.25, -0.2) is 18.5 Å². The lowest BCUT2D eigenvalue weighted by Crippen LogP contribution is -2.23. The Labute approximate surface area is 174 Å². The first-order chi connectivity index (χ1) is 13.7. The summed E-state index contributed by atoms with van der Waals surface area (Å²) in [5.41, 5.74) is 3.44. The zero-order chi connectivity index (χ0) is 21.0. The molecule has 3 aromatic rings. The molecule has 0 radical (unpaired) electrons. The second-order valence-electron chi connectivity index (χ2n) is 6.60. The van der Waals surface area contributed by atoms with E-state index in [9.17, 15) is 13.2 Å². The summed E-state index contributed by atoms with van der Waals surface area (Å²) in [7, 11) is -3.83. The summed E-state index contributed by atoms with van der Waals surface area (Å²) in [5, 5.41) is 8.07. The van der Waals surface area contributed by atoms with Gasteiger partial charge in [0.05, 0.1) is 15.8 Å². The summed E-state index contributed by atoms with van der Waals surface area (Å²) < 4.78 is 22.9. The van der Waals surface area contributed by atoms with Gasteiger partial charge in [-0.2, -0.15) is 0 Å². The minimum absolute atomic E-state index is 0.0529. The smallest absolute Gasteiger partial charge is 0.238 e. The van der Waals surface area contributed by atoms with Gasteiger partial charge in [0.1, 0.15) is 0 Å². The SMILES string of the molecule is Cc1[nH]c(SC(C)C(=O)Nc2cccc(S(N)(=O)=O)c2)nc1Cc1ccccc1. The van der Waals surface area contributed by atoms with Crippen molar-refractivity contribution >= 4 is 33.4 Å². The van der Waals surface area contributed by atoms with Gasteiger partial charge >= 0.3 is 0 Å². The Hall–Kier alpha value is -2.62. The van der Waals surface area contributed by atoms with E-state index in [2.05, 4.69) is 15.3 Å². The van der Waals surface area contributed by atoms with Crippen LogP contribution in [0.1, 0.15) is 23.9 Å². The molecule has 7 nitrogen and oxygen atoms in total. The fourth-order valence-corrected chi connectivity index (χ4v) is 4.13. The molecule has 1 amide bonds. The quantitative estimate of drug-likeness (QED) is 0.498. The molecule has 1 atom stereocenters. The van der Waals surface area contributed by atoms with E-state index in [1.807, 2.05) is 37.3 Å². The Morgan fingerprint density at radius 3 is 2.62 bits per heavy atom. The van der Waals surface area contributed by atoms with Crippen molar-refractivity contribution in [3.8, 4) is 0 Å². The predicted octanol–water partition coefficient (Wildman–Crippen LogP) is 3.08. The number of benzene rings is 2. The highest BCUT2D eigenvalue weighted by Crippen LogP contribution is 2.24. The van der Waals surface area contributed by atoms with Crippen molar-refractivity contribution in [1.29, 1.82) is 0 Å². The van der Waals surface area contributed by atoms with Crippen molar-refractivity contribution in [3.63, 3.8) is 0 Å². The number of sulfonamides is 1. The van der Waals surface area contributed by atoms with Gasteiger partial charge in [0, 0.05) is 17.8 Å². The molecule has 3 rings (SSSR count). The monoisotopic (exact) mass is 430 g/mol. The van der Waals surface area contributed by atoms with Crippen LogP contribution in [0.5, 0.6) is 0 Å². The van der Waals surface area contributed by atoms with E-state index in [4.69, 9.17) is 5.14 Å². The summed E-state index contributed by atoms with van der Waals surface area (Å²) in [6, 6.07) is 15.9. The lowest BCUT2D eigenvalue weighted by molar-refractivity contribution is -0.115. The number of nitrogens with two attached hydrogens (primary N) is 1. The lowest BCUT2D eigenvalue weighted by Gasteiger charge is -2.11. The van der Waals surface area contributed by atoms with Crippen LogP contribution in [0.4, 0.5) is 5.69 Å². The van der Waals surface area contributed by atoms with Crippen LogP contribution >= 0.6 is 11.8 Å². The van der Waals surface area contributed by atoms with Crippen molar-refractivity contribution in [2.24, 2.45) is 5.14 Å². The van der Waals surface area contributed by atoms with E-state index in [0.717, 1.165) is 11.4 Å². The number of amides is 1. The molecule has 9 heteroatoms. The summed E-state index contributed by atoms with van der Waals surface area (Å²) in [6.07, 6.45) is 0.713. The van der Waals surface area contributed by atoms with Crippen molar-refractivity contribution < 1.29 is 13.2 Å². The molecular weight excluding hydrogens is 408 g/mol. The molecule has 1 unspecified atom stereocenters. The molecule has 152 valence electrons. The van der Waals surface area contributed by atoms with E-state index in [1.54, 1.807) is 13.0 Å². The summed E-state index contributed by atoms with van der Waals surface area (Å²) in [5.74, 6) is -0.264. The molecular formula is C20H22N4O3S2. The molecule has 0 saturated carbocycles. The minimum Gasteiger partial charge on any atom is -0.337 e. The summed E-state index contributed by atoms with van der Waals surface area (Å²) >= 11 is 1.30. The second-order valence-corrected chi connectivity index (χ2v) is 9.49. The molecule has 1 heterocycles. The first-order valence-electron chi connectivity index (χ1n) is 8.92. The maximum Gasteiger partial charge on any atom is 0.238 e. The number of H-pyrrole nitrogens is 1. The number of hydrogen-bond donors (Lipinski definition) is 3. The molecule has 1 aromatic heterocycles. The molecule has 0 spiro atoms. The van der Waals surface area contributed by atoms with Crippen molar-refractivity contribution in [2.75, 3.05) is 5.32 Å². The van der Waals surface area contributed by atoms with E-state index >= 15 is 0 Å². The van der Waals surface area contributed by atoms with E-state index < -0.39 is 15.3 Å². The molecule has 29 heavy (non-hydrogen) atoms. The van der Waals surface area contributed by atoms with E-state index in [-0.39, 0.29) is 10.8 Å². The van der Waals surface area contributed by atoms with Gasteiger partial charge in [0.15, 0.2) is 5.16 Å². The molecule has 4 N–H and O–H groups in total. The highest BCUT2D eigenvalue weighted by atomic mass is 32.2. The highest BCUT2D eigenvalue weighted by molar-refractivity contribution is 8.00. The average Bonchev–Trinajstić information content (AvgIpc) is 3.01. The normalized spacial score (nSPS) is 12.5. The third-order valence-electron chi connectivity index (χ3n) is 4.27. The Bertz CT molecular complexity index is 1110. The van der Waals surface area contributed by atoms with E-state index in [0.29, 0.717) is 17.3 Å². The molecule has 0 aliphatic rings. The number of carbonyl (C=O) groups is 1. The number of hydrogen-bond acceptors (Lipinski definition) is 5. The van der Waals surface area contributed by atoms with Crippen LogP contribution in [0.15, 0.2) is 64.6 Å². The van der Waals surface area contributed by atoms with E-state index in [1.165, 1.54) is 35.5 Å². The van der Waals surface area contributed by atoms with Gasteiger partial charge in [0.25, 0.3) is 0 Å². The van der Waals surface area contributed by atoms with Crippen LogP contribution in [0, 0.1) is 6.92 Å².